The maximum atomic E-state index is 13.2. The van der Waals surface area contributed by atoms with Crippen molar-refractivity contribution >= 4 is 40.9 Å². The summed E-state index contributed by atoms with van der Waals surface area (Å²) in [6, 6.07) is 5.00. The number of hydrogen-bond donors (Lipinski definition) is 1. The van der Waals surface area contributed by atoms with Crippen LogP contribution in [0, 0.1) is 5.92 Å². The predicted molar refractivity (Wildman–Crippen MR) is 128 cm³/mol. The second-order valence-electron chi connectivity index (χ2n) is 7.19. The lowest BCUT2D eigenvalue weighted by Gasteiger charge is -2.33. The molecule has 1 heterocycles. The van der Waals surface area contributed by atoms with Gasteiger partial charge < -0.3 is 29.4 Å². The van der Waals surface area contributed by atoms with Crippen LogP contribution >= 0.6 is 23.2 Å². The Morgan fingerprint density at radius 3 is 2.47 bits per heavy atom. The van der Waals surface area contributed by atoms with Crippen LogP contribution in [0.2, 0.25) is 10.0 Å². The molecule has 188 valence electrons. The largest absolute Gasteiger partial charge is 0.468 e. The molecule has 2 N–H and O–H groups in total. The Morgan fingerprint density at radius 1 is 1.09 bits per heavy atom. The molecule has 1 aliphatic heterocycles. The Morgan fingerprint density at radius 2 is 1.82 bits per heavy atom. The highest BCUT2D eigenvalue weighted by Crippen LogP contribution is 2.44. The fourth-order valence-electron chi connectivity index (χ4n) is 3.64. The zero-order chi connectivity index (χ0) is 25.1. The standard InChI is InChI=1S/C23H30Cl2N2O7/c1-4-34-23(29)20-17(13-33-11-10-32-9-8-26)27-16(12-30-2)19(22(28)31-3)18(20)14-6-5-7-15(24)21(14)25/h5-7,18-19H,4,8-13,26H2,1-3H3. The van der Waals surface area contributed by atoms with Crippen LogP contribution in [-0.4, -0.2) is 78.1 Å². The molecule has 2 rings (SSSR count). The summed E-state index contributed by atoms with van der Waals surface area (Å²) >= 11 is 12.8. The molecule has 0 saturated heterocycles. The summed E-state index contributed by atoms with van der Waals surface area (Å²) in [5.41, 5.74) is 6.67. The van der Waals surface area contributed by atoms with Crippen LogP contribution in [-0.2, 0) is 33.3 Å². The lowest BCUT2D eigenvalue weighted by molar-refractivity contribution is -0.144. The fraction of sp³-hybridized carbons (Fsp3) is 0.522. The van der Waals surface area contributed by atoms with Crippen molar-refractivity contribution in [3.8, 4) is 0 Å². The number of carbonyl (C=O) groups excluding carboxylic acids is 2. The molecule has 2 atom stereocenters. The quantitative estimate of drug-likeness (QED) is 0.314. The average Bonchev–Trinajstić information content (AvgIpc) is 2.82. The third-order valence-corrected chi connectivity index (χ3v) is 5.86. The number of aliphatic imine (C=N–C) groups is 1. The number of benzene rings is 1. The Labute approximate surface area is 209 Å². The third kappa shape index (κ3) is 7.00. The van der Waals surface area contributed by atoms with Crippen LogP contribution in [0.1, 0.15) is 18.4 Å². The third-order valence-electron chi connectivity index (χ3n) is 5.02. The number of ether oxygens (including phenoxy) is 5. The molecule has 0 fully saturated rings. The second kappa shape index (κ2) is 14.4. The molecule has 0 aliphatic carbocycles. The number of esters is 2. The van der Waals surface area contributed by atoms with Crippen LogP contribution < -0.4 is 5.73 Å². The first-order valence-electron chi connectivity index (χ1n) is 10.7. The van der Waals surface area contributed by atoms with E-state index in [0.717, 1.165) is 0 Å². The molecule has 0 amide bonds. The number of rotatable bonds is 13. The summed E-state index contributed by atoms with van der Waals surface area (Å²) in [6.45, 7) is 3.18. The van der Waals surface area contributed by atoms with Crippen LogP contribution in [0.4, 0.5) is 0 Å². The Kier molecular flexibility index (Phi) is 12.0. The van der Waals surface area contributed by atoms with E-state index >= 15 is 0 Å². The van der Waals surface area contributed by atoms with E-state index in [9.17, 15) is 9.59 Å². The van der Waals surface area contributed by atoms with Gasteiger partial charge in [-0.25, -0.2) is 4.79 Å². The molecule has 0 spiro atoms. The summed E-state index contributed by atoms with van der Waals surface area (Å²) in [7, 11) is 2.74. The van der Waals surface area contributed by atoms with E-state index in [1.165, 1.54) is 14.2 Å². The molecule has 34 heavy (non-hydrogen) atoms. The molecule has 0 saturated carbocycles. The summed E-state index contributed by atoms with van der Waals surface area (Å²) in [6.07, 6.45) is 0. The monoisotopic (exact) mass is 516 g/mol. The molecule has 0 bridgehead atoms. The molecule has 1 aromatic carbocycles. The maximum absolute atomic E-state index is 13.2. The number of nitrogens with zero attached hydrogens (tertiary/aromatic N) is 1. The minimum atomic E-state index is -0.989. The van der Waals surface area contributed by atoms with Crippen LogP contribution in [0.3, 0.4) is 0 Å². The van der Waals surface area contributed by atoms with E-state index < -0.39 is 23.8 Å². The summed E-state index contributed by atoms with van der Waals surface area (Å²) in [5, 5.41) is 0.482. The van der Waals surface area contributed by atoms with Crippen molar-refractivity contribution in [1.29, 1.82) is 0 Å². The van der Waals surface area contributed by atoms with E-state index in [1.54, 1.807) is 25.1 Å². The van der Waals surface area contributed by atoms with Gasteiger partial charge in [0.1, 0.15) is 5.92 Å². The molecular formula is C23H30Cl2N2O7. The SMILES string of the molecule is CCOC(=O)C1=C(COCCOCCN)N=C(COC)C(C(=O)OC)C1c1cccc(Cl)c1Cl. The Hall–Kier alpha value is -2.01. The van der Waals surface area contributed by atoms with Gasteiger partial charge in [0.05, 0.1) is 73.8 Å². The van der Waals surface area contributed by atoms with Crippen molar-refractivity contribution in [1.82, 2.24) is 0 Å². The first-order valence-corrected chi connectivity index (χ1v) is 11.5. The van der Waals surface area contributed by atoms with Gasteiger partial charge in [-0.05, 0) is 18.6 Å². The van der Waals surface area contributed by atoms with Crippen molar-refractivity contribution in [2.24, 2.45) is 16.6 Å². The number of halogens is 2. The van der Waals surface area contributed by atoms with E-state index in [4.69, 9.17) is 52.6 Å². The second-order valence-corrected chi connectivity index (χ2v) is 7.98. The van der Waals surface area contributed by atoms with Crippen molar-refractivity contribution in [3.63, 3.8) is 0 Å². The van der Waals surface area contributed by atoms with Gasteiger partial charge in [-0.1, -0.05) is 35.3 Å². The molecule has 1 aromatic rings. The molecule has 11 heteroatoms. The number of carbonyl (C=O) groups is 2. The smallest absolute Gasteiger partial charge is 0.336 e. The Balaban J connectivity index is 2.62. The van der Waals surface area contributed by atoms with Gasteiger partial charge in [0, 0.05) is 19.6 Å². The van der Waals surface area contributed by atoms with E-state index in [1.807, 2.05) is 0 Å². The first-order chi connectivity index (χ1) is 16.4. The number of hydrogen-bond acceptors (Lipinski definition) is 9. The fourth-order valence-corrected chi connectivity index (χ4v) is 4.07. The van der Waals surface area contributed by atoms with Crippen molar-refractivity contribution in [2.45, 2.75) is 12.8 Å². The van der Waals surface area contributed by atoms with Gasteiger partial charge in [-0.15, -0.1) is 0 Å². The lowest BCUT2D eigenvalue weighted by Crippen LogP contribution is -2.40. The van der Waals surface area contributed by atoms with E-state index in [0.29, 0.717) is 36.7 Å². The summed E-state index contributed by atoms with van der Waals surface area (Å²) in [4.78, 5) is 30.7. The lowest BCUT2D eigenvalue weighted by atomic mass is 9.75. The number of methoxy groups -OCH3 is 2. The molecule has 0 aromatic heterocycles. The highest BCUT2D eigenvalue weighted by molar-refractivity contribution is 6.42. The van der Waals surface area contributed by atoms with Crippen LogP contribution in [0.25, 0.3) is 0 Å². The van der Waals surface area contributed by atoms with Crippen molar-refractivity contribution < 1.29 is 33.3 Å². The molecule has 2 unspecified atom stereocenters. The number of nitrogens with two attached hydrogens (primary N) is 1. The molecule has 1 aliphatic rings. The summed E-state index contributed by atoms with van der Waals surface area (Å²) < 4.78 is 26.7. The highest BCUT2D eigenvalue weighted by Gasteiger charge is 2.45. The van der Waals surface area contributed by atoms with Crippen molar-refractivity contribution in [3.05, 3.63) is 45.1 Å². The predicted octanol–water partition coefficient (Wildman–Crippen LogP) is 2.78. The molecule has 9 nitrogen and oxygen atoms in total. The normalized spacial score (nSPS) is 18.0. The Bertz CT molecular complexity index is 921. The van der Waals surface area contributed by atoms with Gasteiger partial charge in [-0.2, -0.15) is 0 Å². The van der Waals surface area contributed by atoms with Gasteiger partial charge in [0.2, 0.25) is 0 Å². The van der Waals surface area contributed by atoms with E-state index in [-0.39, 0.29) is 42.0 Å². The van der Waals surface area contributed by atoms with Gasteiger partial charge in [0.15, 0.2) is 0 Å². The topological polar surface area (TPSA) is 119 Å². The van der Waals surface area contributed by atoms with Gasteiger partial charge >= 0.3 is 11.9 Å². The zero-order valence-electron chi connectivity index (χ0n) is 19.5. The minimum Gasteiger partial charge on any atom is -0.468 e. The van der Waals surface area contributed by atoms with Gasteiger partial charge in [0.25, 0.3) is 0 Å². The summed E-state index contributed by atoms with van der Waals surface area (Å²) in [5.74, 6) is -3.12. The highest BCUT2D eigenvalue weighted by atomic mass is 35.5. The average molecular weight is 517 g/mol. The zero-order valence-corrected chi connectivity index (χ0v) is 21.0. The van der Waals surface area contributed by atoms with Crippen molar-refractivity contribution in [2.75, 3.05) is 60.4 Å². The van der Waals surface area contributed by atoms with E-state index in [2.05, 4.69) is 4.99 Å². The molecular weight excluding hydrogens is 487 g/mol. The maximum Gasteiger partial charge on any atom is 0.336 e. The van der Waals surface area contributed by atoms with Crippen LogP contribution in [0.15, 0.2) is 34.5 Å². The first kappa shape index (κ1) is 28.2. The molecule has 0 radical (unpaired) electrons. The van der Waals surface area contributed by atoms with Crippen LogP contribution in [0.5, 0.6) is 0 Å². The minimum absolute atomic E-state index is 0.0215. The van der Waals surface area contributed by atoms with Gasteiger partial charge in [-0.3, -0.25) is 9.79 Å².